The summed E-state index contributed by atoms with van der Waals surface area (Å²) in [6, 6.07) is 0. The Morgan fingerprint density at radius 3 is 2.00 bits per heavy atom. The molecule has 1 heterocycles. The number of hydrogen-bond donors (Lipinski definition) is 0. The lowest BCUT2D eigenvalue weighted by Crippen LogP contribution is -1.95. The predicted octanol–water partition coefficient (Wildman–Crippen LogP) is 3.45. The zero-order chi connectivity index (χ0) is 9.85. The van der Waals surface area contributed by atoms with Crippen LogP contribution in [0, 0.1) is 10.8 Å². The van der Waals surface area contributed by atoms with E-state index in [1.165, 1.54) is 5.01 Å². The first kappa shape index (κ1) is 9.59. The number of rotatable bonds is 1. The fourth-order valence-corrected chi connectivity index (χ4v) is 3.77. The molecule has 1 aromatic rings. The van der Waals surface area contributed by atoms with Crippen molar-refractivity contribution >= 4 is 27.3 Å². The molecule has 1 saturated carbocycles. The SMILES string of the molecule is CC1(C)C(c2nnc(Br)s2)C1(C)C. The van der Waals surface area contributed by atoms with E-state index in [0.717, 1.165) is 3.92 Å². The topological polar surface area (TPSA) is 25.8 Å². The highest BCUT2D eigenvalue weighted by atomic mass is 79.9. The quantitative estimate of drug-likeness (QED) is 0.773. The van der Waals surface area contributed by atoms with Gasteiger partial charge < -0.3 is 0 Å². The Hall–Kier alpha value is 0.0400. The molecule has 13 heavy (non-hydrogen) atoms. The van der Waals surface area contributed by atoms with Crippen LogP contribution in [0.2, 0.25) is 0 Å². The highest BCUT2D eigenvalue weighted by Gasteiger charge is 2.66. The van der Waals surface area contributed by atoms with Crippen LogP contribution < -0.4 is 0 Å². The molecule has 4 heteroatoms. The average Bonchev–Trinajstić information content (AvgIpc) is 2.32. The van der Waals surface area contributed by atoms with Crippen LogP contribution in [0.1, 0.15) is 38.6 Å². The smallest absolute Gasteiger partial charge is 0.142 e. The van der Waals surface area contributed by atoms with E-state index in [9.17, 15) is 0 Å². The van der Waals surface area contributed by atoms with E-state index >= 15 is 0 Å². The van der Waals surface area contributed by atoms with Gasteiger partial charge >= 0.3 is 0 Å². The van der Waals surface area contributed by atoms with Crippen molar-refractivity contribution in [2.45, 2.75) is 33.6 Å². The van der Waals surface area contributed by atoms with Gasteiger partial charge in [0, 0.05) is 5.92 Å². The summed E-state index contributed by atoms with van der Waals surface area (Å²) in [5.41, 5.74) is 0.734. The molecule has 0 spiro atoms. The van der Waals surface area contributed by atoms with Gasteiger partial charge in [-0.15, -0.1) is 10.2 Å². The molecule has 0 saturated heterocycles. The third-order valence-corrected chi connectivity index (χ3v) is 5.10. The van der Waals surface area contributed by atoms with Crippen molar-refractivity contribution in [1.82, 2.24) is 10.2 Å². The van der Waals surface area contributed by atoms with Gasteiger partial charge in [-0.2, -0.15) is 0 Å². The normalized spacial score (nSPS) is 24.7. The molecule has 0 amide bonds. The molecular weight excluding hydrogens is 248 g/mol. The summed E-state index contributed by atoms with van der Waals surface area (Å²) < 4.78 is 0.890. The average molecular weight is 261 g/mol. The van der Waals surface area contributed by atoms with Gasteiger partial charge in [0.05, 0.1) is 0 Å². The minimum atomic E-state index is 0.367. The zero-order valence-corrected chi connectivity index (χ0v) is 10.7. The van der Waals surface area contributed by atoms with Crippen molar-refractivity contribution in [3.8, 4) is 0 Å². The van der Waals surface area contributed by atoms with Crippen LogP contribution in [-0.4, -0.2) is 10.2 Å². The molecule has 2 nitrogen and oxygen atoms in total. The molecule has 72 valence electrons. The van der Waals surface area contributed by atoms with E-state index in [0.29, 0.717) is 16.7 Å². The second-order valence-electron chi connectivity index (χ2n) is 4.77. The first-order valence-electron chi connectivity index (χ1n) is 4.36. The van der Waals surface area contributed by atoms with Crippen molar-refractivity contribution in [3.05, 3.63) is 8.92 Å². The molecule has 1 fully saturated rings. The molecule has 1 aliphatic carbocycles. The summed E-state index contributed by atoms with van der Waals surface area (Å²) in [6.07, 6.45) is 0. The van der Waals surface area contributed by atoms with Crippen LogP contribution in [-0.2, 0) is 0 Å². The second kappa shape index (κ2) is 2.54. The lowest BCUT2D eigenvalue weighted by atomic mass is 10.0. The number of halogens is 1. The molecule has 2 rings (SSSR count). The maximum atomic E-state index is 4.19. The maximum Gasteiger partial charge on any atom is 0.183 e. The third kappa shape index (κ3) is 1.18. The summed E-state index contributed by atoms with van der Waals surface area (Å²) in [5.74, 6) is 0.573. The van der Waals surface area contributed by atoms with Gasteiger partial charge in [0.1, 0.15) is 5.01 Å². The summed E-state index contributed by atoms with van der Waals surface area (Å²) in [6.45, 7) is 9.19. The minimum absolute atomic E-state index is 0.367. The molecular formula is C9H13BrN2S. The summed E-state index contributed by atoms with van der Waals surface area (Å²) in [4.78, 5) is 0. The van der Waals surface area contributed by atoms with E-state index in [4.69, 9.17) is 0 Å². The van der Waals surface area contributed by atoms with Crippen LogP contribution >= 0.6 is 27.3 Å². The van der Waals surface area contributed by atoms with Gasteiger partial charge in [0.25, 0.3) is 0 Å². The van der Waals surface area contributed by atoms with Crippen molar-refractivity contribution in [2.75, 3.05) is 0 Å². The van der Waals surface area contributed by atoms with Crippen molar-refractivity contribution in [2.24, 2.45) is 10.8 Å². The Morgan fingerprint density at radius 2 is 1.69 bits per heavy atom. The first-order chi connectivity index (χ1) is 5.87. The maximum absolute atomic E-state index is 4.19. The van der Waals surface area contributed by atoms with Gasteiger partial charge in [0.15, 0.2) is 3.92 Å². The molecule has 0 aliphatic heterocycles. The minimum Gasteiger partial charge on any atom is -0.142 e. The fourth-order valence-electron chi connectivity index (χ4n) is 2.15. The lowest BCUT2D eigenvalue weighted by molar-refractivity contribution is 0.457. The molecule has 1 aliphatic rings. The van der Waals surface area contributed by atoms with Crippen LogP contribution in [0.4, 0.5) is 0 Å². The largest absolute Gasteiger partial charge is 0.183 e. The van der Waals surface area contributed by atoms with E-state index in [2.05, 4.69) is 53.8 Å². The van der Waals surface area contributed by atoms with Gasteiger partial charge in [-0.3, -0.25) is 0 Å². The van der Waals surface area contributed by atoms with E-state index in [1.54, 1.807) is 11.3 Å². The zero-order valence-electron chi connectivity index (χ0n) is 8.26. The van der Waals surface area contributed by atoms with E-state index in [-0.39, 0.29) is 0 Å². The molecule has 0 N–H and O–H groups in total. The summed E-state index contributed by atoms with van der Waals surface area (Å²) in [7, 11) is 0. The first-order valence-corrected chi connectivity index (χ1v) is 5.97. The molecule has 0 aromatic carbocycles. The molecule has 0 bridgehead atoms. The monoisotopic (exact) mass is 260 g/mol. The Morgan fingerprint density at radius 1 is 1.15 bits per heavy atom. The van der Waals surface area contributed by atoms with Gasteiger partial charge in [-0.05, 0) is 26.8 Å². The summed E-state index contributed by atoms with van der Waals surface area (Å²) >= 11 is 5.01. The Balaban J connectivity index is 2.32. The highest BCUT2D eigenvalue weighted by molar-refractivity contribution is 9.11. The molecule has 0 unspecified atom stereocenters. The Labute approximate surface area is 90.9 Å². The Bertz CT molecular complexity index is 329. The summed E-state index contributed by atoms with van der Waals surface area (Å²) in [5, 5.41) is 9.35. The van der Waals surface area contributed by atoms with Crippen LogP contribution in [0.15, 0.2) is 3.92 Å². The van der Waals surface area contributed by atoms with Gasteiger partial charge in [-0.25, -0.2) is 0 Å². The van der Waals surface area contributed by atoms with Gasteiger partial charge in [-0.1, -0.05) is 39.0 Å². The van der Waals surface area contributed by atoms with Crippen LogP contribution in [0.25, 0.3) is 0 Å². The van der Waals surface area contributed by atoms with E-state index in [1.807, 2.05) is 0 Å². The number of aromatic nitrogens is 2. The van der Waals surface area contributed by atoms with Crippen LogP contribution in [0.3, 0.4) is 0 Å². The van der Waals surface area contributed by atoms with E-state index < -0.39 is 0 Å². The van der Waals surface area contributed by atoms with Crippen molar-refractivity contribution < 1.29 is 0 Å². The highest BCUT2D eigenvalue weighted by Crippen LogP contribution is 2.73. The standard InChI is InChI=1S/C9H13BrN2S/c1-8(2)5(9(8,3)4)6-11-12-7(10)13-6/h5H,1-4H3. The molecule has 0 radical (unpaired) electrons. The number of nitrogens with zero attached hydrogens (tertiary/aromatic N) is 2. The fraction of sp³-hybridized carbons (Fsp3) is 0.778. The third-order valence-electron chi connectivity index (χ3n) is 3.68. The Kier molecular flexibility index (Phi) is 1.87. The molecule has 1 aromatic heterocycles. The molecule has 0 atom stereocenters. The predicted molar refractivity (Wildman–Crippen MR) is 57.9 cm³/mol. The number of hydrogen-bond acceptors (Lipinski definition) is 3. The van der Waals surface area contributed by atoms with Crippen molar-refractivity contribution in [3.63, 3.8) is 0 Å². The van der Waals surface area contributed by atoms with Crippen molar-refractivity contribution in [1.29, 1.82) is 0 Å². The van der Waals surface area contributed by atoms with Crippen LogP contribution in [0.5, 0.6) is 0 Å². The van der Waals surface area contributed by atoms with Gasteiger partial charge in [0.2, 0.25) is 0 Å². The second-order valence-corrected chi connectivity index (χ2v) is 7.05. The lowest BCUT2D eigenvalue weighted by Gasteiger charge is -2.03.